The van der Waals surface area contributed by atoms with Crippen molar-refractivity contribution in [1.29, 1.82) is 0 Å². The first kappa shape index (κ1) is 13.1. The lowest BCUT2D eigenvalue weighted by molar-refractivity contribution is 0.954. The van der Waals surface area contributed by atoms with Crippen LogP contribution in [0, 0.1) is 3.57 Å². The first-order valence-corrected chi connectivity index (χ1v) is 7.03. The van der Waals surface area contributed by atoms with Gasteiger partial charge in [0.15, 0.2) is 0 Å². The molecule has 0 aliphatic carbocycles. The summed E-state index contributed by atoms with van der Waals surface area (Å²) in [5.41, 5.74) is 3.70. The van der Waals surface area contributed by atoms with Gasteiger partial charge in [0.05, 0.1) is 16.6 Å². The van der Waals surface area contributed by atoms with Crippen molar-refractivity contribution in [3.63, 3.8) is 0 Å². The number of rotatable bonds is 2. The average Bonchev–Trinajstić information content (AvgIpc) is 2.47. The van der Waals surface area contributed by atoms with E-state index in [1.807, 2.05) is 36.4 Å². The van der Waals surface area contributed by atoms with E-state index in [2.05, 4.69) is 33.0 Å². The molecule has 1 aromatic heterocycles. The summed E-state index contributed by atoms with van der Waals surface area (Å²) >= 11 is 2.20. The predicted molar refractivity (Wildman–Crippen MR) is 87.9 cm³/mol. The second-order valence-corrected chi connectivity index (χ2v) is 5.46. The van der Waals surface area contributed by atoms with Crippen molar-refractivity contribution >= 4 is 39.4 Å². The smallest absolute Gasteiger partial charge is 0.267 e. The fourth-order valence-corrected chi connectivity index (χ4v) is 2.61. The number of aromatic nitrogens is 2. The Balaban J connectivity index is 2.40. The van der Waals surface area contributed by atoms with Crippen LogP contribution in [-0.4, -0.2) is 9.55 Å². The summed E-state index contributed by atoms with van der Waals surface area (Å²) in [7, 11) is 0. The maximum atomic E-state index is 12.6. The van der Waals surface area contributed by atoms with Crippen LogP contribution >= 0.6 is 22.6 Å². The number of nitrogens with one attached hydrogen (secondary N) is 1. The van der Waals surface area contributed by atoms with Crippen LogP contribution < -0.4 is 16.8 Å². The Hall–Kier alpha value is -1.93. The van der Waals surface area contributed by atoms with Gasteiger partial charge >= 0.3 is 0 Å². The number of hydrazine groups is 1. The van der Waals surface area contributed by atoms with Crippen molar-refractivity contribution in [2.24, 2.45) is 5.84 Å². The molecule has 0 amide bonds. The normalized spacial score (nSPS) is 10.7. The molecule has 3 N–H and O–H groups in total. The monoisotopic (exact) mass is 378 g/mol. The zero-order valence-electron chi connectivity index (χ0n) is 10.4. The summed E-state index contributed by atoms with van der Waals surface area (Å²) in [6.45, 7) is 0. The molecule has 0 atom stereocenters. The van der Waals surface area contributed by atoms with E-state index in [0.29, 0.717) is 16.9 Å². The van der Waals surface area contributed by atoms with Crippen molar-refractivity contribution in [1.82, 2.24) is 9.55 Å². The molecule has 100 valence electrons. The lowest BCUT2D eigenvalue weighted by Crippen LogP contribution is -2.26. The Kier molecular flexibility index (Phi) is 3.41. The van der Waals surface area contributed by atoms with Gasteiger partial charge in [0, 0.05) is 3.57 Å². The highest BCUT2D eigenvalue weighted by atomic mass is 127. The molecule has 3 aromatic rings. The van der Waals surface area contributed by atoms with Gasteiger partial charge in [-0.3, -0.25) is 10.2 Å². The van der Waals surface area contributed by atoms with E-state index < -0.39 is 0 Å². The molecule has 0 aliphatic rings. The van der Waals surface area contributed by atoms with Crippen LogP contribution in [0.3, 0.4) is 0 Å². The third-order valence-corrected chi connectivity index (χ3v) is 3.64. The summed E-state index contributed by atoms with van der Waals surface area (Å²) in [6, 6.07) is 14.8. The van der Waals surface area contributed by atoms with E-state index >= 15 is 0 Å². The van der Waals surface area contributed by atoms with E-state index in [1.165, 1.54) is 4.57 Å². The molecule has 0 unspecified atom stereocenters. The van der Waals surface area contributed by atoms with E-state index in [1.54, 1.807) is 12.1 Å². The van der Waals surface area contributed by atoms with Gasteiger partial charge in [-0.15, -0.1) is 0 Å². The van der Waals surface area contributed by atoms with Gasteiger partial charge in [0.1, 0.15) is 0 Å². The van der Waals surface area contributed by atoms with Crippen molar-refractivity contribution < 1.29 is 0 Å². The van der Waals surface area contributed by atoms with Crippen LogP contribution in [0.2, 0.25) is 0 Å². The molecule has 3 rings (SSSR count). The van der Waals surface area contributed by atoms with Crippen molar-refractivity contribution in [2.45, 2.75) is 0 Å². The molecule has 0 fully saturated rings. The maximum absolute atomic E-state index is 12.6. The molecule has 6 heteroatoms. The molecule has 0 radical (unpaired) electrons. The number of anilines is 1. The lowest BCUT2D eigenvalue weighted by Gasteiger charge is -2.12. The second kappa shape index (κ2) is 5.22. The second-order valence-electron chi connectivity index (χ2n) is 4.22. The van der Waals surface area contributed by atoms with Crippen LogP contribution in [0.4, 0.5) is 5.95 Å². The number of halogens is 1. The Morgan fingerprint density at radius 2 is 1.95 bits per heavy atom. The molecule has 5 nitrogen and oxygen atoms in total. The standard InChI is InChI=1S/C14H11IN4O/c15-9-4-3-5-10(8-9)19-13(20)11-6-1-2-7-12(11)17-14(19)18-16/h1-8H,16H2,(H,17,18). The molecule has 0 spiro atoms. The van der Waals surface area contributed by atoms with Gasteiger partial charge in [-0.05, 0) is 52.9 Å². The SMILES string of the molecule is NNc1nc2ccccc2c(=O)n1-c1cccc(I)c1. The Morgan fingerprint density at radius 1 is 1.15 bits per heavy atom. The van der Waals surface area contributed by atoms with Gasteiger partial charge in [-0.1, -0.05) is 18.2 Å². The first-order valence-electron chi connectivity index (χ1n) is 5.95. The van der Waals surface area contributed by atoms with Gasteiger partial charge in [0.25, 0.3) is 5.56 Å². The van der Waals surface area contributed by atoms with Gasteiger partial charge < -0.3 is 0 Å². The minimum absolute atomic E-state index is 0.148. The average molecular weight is 378 g/mol. The summed E-state index contributed by atoms with van der Waals surface area (Å²) in [5, 5.41) is 0.561. The van der Waals surface area contributed by atoms with E-state index in [0.717, 1.165) is 9.26 Å². The summed E-state index contributed by atoms with van der Waals surface area (Å²) < 4.78 is 2.51. The highest BCUT2D eigenvalue weighted by Gasteiger charge is 2.11. The Labute approximate surface area is 128 Å². The van der Waals surface area contributed by atoms with Crippen LogP contribution in [0.25, 0.3) is 16.6 Å². The summed E-state index contributed by atoms with van der Waals surface area (Å²) in [4.78, 5) is 17.0. The highest BCUT2D eigenvalue weighted by Crippen LogP contribution is 2.17. The molecule has 1 heterocycles. The van der Waals surface area contributed by atoms with Crippen molar-refractivity contribution in [2.75, 3.05) is 5.43 Å². The van der Waals surface area contributed by atoms with Gasteiger partial charge in [-0.2, -0.15) is 0 Å². The minimum Gasteiger partial charge on any atom is -0.293 e. The Bertz CT molecular complexity index is 844. The Morgan fingerprint density at radius 3 is 2.70 bits per heavy atom. The van der Waals surface area contributed by atoms with Crippen LogP contribution in [0.5, 0.6) is 0 Å². The van der Waals surface area contributed by atoms with Crippen LogP contribution in [-0.2, 0) is 0 Å². The number of para-hydroxylation sites is 1. The molecule has 0 saturated carbocycles. The van der Waals surface area contributed by atoms with E-state index in [9.17, 15) is 4.79 Å². The molecular formula is C14H11IN4O. The number of nitrogen functional groups attached to an aromatic ring is 1. The summed E-state index contributed by atoms with van der Waals surface area (Å²) in [6.07, 6.45) is 0. The fourth-order valence-electron chi connectivity index (χ4n) is 2.08. The van der Waals surface area contributed by atoms with E-state index in [4.69, 9.17) is 5.84 Å². The molecule has 2 aromatic carbocycles. The fraction of sp³-hybridized carbons (Fsp3) is 0. The van der Waals surface area contributed by atoms with Gasteiger partial charge in [-0.25, -0.2) is 15.4 Å². The third kappa shape index (κ3) is 2.16. The highest BCUT2D eigenvalue weighted by molar-refractivity contribution is 14.1. The predicted octanol–water partition coefficient (Wildman–Crippen LogP) is 2.28. The topological polar surface area (TPSA) is 72.9 Å². The largest absolute Gasteiger partial charge is 0.293 e. The number of fused-ring (bicyclic) bond motifs is 1. The van der Waals surface area contributed by atoms with Crippen LogP contribution in [0.15, 0.2) is 53.3 Å². The number of nitrogens with zero attached hydrogens (tertiary/aromatic N) is 2. The van der Waals surface area contributed by atoms with Gasteiger partial charge in [0.2, 0.25) is 5.95 Å². The number of nitrogens with two attached hydrogens (primary N) is 1. The number of hydrogen-bond acceptors (Lipinski definition) is 4. The quantitative estimate of drug-likeness (QED) is 0.408. The number of benzene rings is 2. The van der Waals surface area contributed by atoms with Crippen molar-refractivity contribution in [3.05, 3.63) is 62.5 Å². The zero-order valence-corrected chi connectivity index (χ0v) is 12.5. The lowest BCUT2D eigenvalue weighted by atomic mass is 10.2. The third-order valence-electron chi connectivity index (χ3n) is 2.97. The zero-order chi connectivity index (χ0) is 14.1. The molecular weight excluding hydrogens is 367 g/mol. The first-order chi connectivity index (χ1) is 9.70. The molecule has 20 heavy (non-hydrogen) atoms. The molecule has 0 saturated heterocycles. The van der Waals surface area contributed by atoms with Crippen molar-refractivity contribution in [3.8, 4) is 5.69 Å². The minimum atomic E-state index is -0.148. The maximum Gasteiger partial charge on any atom is 0.267 e. The number of hydrogen-bond donors (Lipinski definition) is 2. The van der Waals surface area contributed by atoms with Crippen LogP contribution in [0.1, 0.15) is 0 Å². The molecule has 0 bridgehead atoms. The van der Waals surface area contributed by atoms with E-state index in [-0.39, 0.29) is 5.56 Å². The molecule has 0 aliphatic heterocycles. The summed E-state index contributed by atoms with van der Waals surface area (Å²) in [5.74, 6) is 5.83.